The minimum absolute atomic E-state index is 0.234. The van der Waals surface area contributed by atoms with E-state index in [-0.39, 0.29) is 10.9 Å². The number of pyridine rings is 1. The van der Waals surface area contributed by atoms with Gasteiger partial charge in [-0.1, -0.05) is 12.1 Å². The maximum Gasteiger partial charge on any atom is 0.241 e. The fraction of sp³-hybridized carbons (Fsp3) is 0.267. The average molecular weight is 306 g/mol. The van der Waals surface area contributed by atoms with Crippen molar-refractivity contribution in [1.82, 2.24) is 9.71 Å². The number of methoxy groups -OCH3 is 1. The maximum atomic E-state index is 12.4. The molecular formula is C15H18N2O3S. The minimum Gasteiger partial charge on any atom is -0.380 e. The minimum atomic E-state index is -3.57. The summed E-state index contributed by atoms with van der Waals surface area (Å²) < 4.78 is 32.5. The number of ether oxygens (including phenoxy) is 1. The third-order valence-electron chi connectivity index (χ3n) is 3.06. The van der Waals surface area contributed by atoms with Crippen LogP contribution in [0.2, 0.25) is 0 Å². The van der Waals surface area contributed by atoms with Crippen molar-refractivity contribution in [3.8, 4) is 0 Å². The van der Waals surface area contributed by atoms with Crippen LogP contribution in [0.3, 0.4) is 0 Å². The van der Waals surface area contributed by atoms with Crippen LogP contribution in [0.5, 0.6) is 0 Å². The zero-order valence-electron chi connectivity index (χ0n) is 12.0. The van der Waals surface area contributed by atoms with Crippen molar-refractivity contribution >= 4 is 10.0 Å². The fourth-order valence-corrected chi connectivity index (χ4v) is 3.29. The Labute approximate surface area is 125 Å². The molecule has 1 aromatic carbocycles. The molecule has 0 unspecified atom stereocenters. The van der Waals surface area contributed by atoms with E-state index in [0.29, 0.717) is 6.61 Å². The molecule has 0 spiro atoms. The van der Waals surface area contributed by atoms with Crippen LogP contribution in [0.15, 0.2) is 53.7 Å². The Bertz CT molecular complexity index is 687. The van der Waals surface area contributed by atoms with Crippen molar-refractivity contribution < 1.29 is 13.2 Å². The molecule has 0 saturated carbocycles. The molecule has 21 heavy (non-hydrogen) atoms. The fourth-order valence-electron chi connectivity index (χ4n) is 1.99. The second kappa shape index (κ2) is 6.80. The highest BCUT2D eigenvalue weighted by atomic mass is 32.2. The van der Waals surface area contributed by atoms with Gasteiger partial charge in [0.2, 0.25) is 10.0 Å². The highest BCUT2D eigenvalue weighted by molar-refractivity contribution is 7.89. The molecule has 0 aliphatic heterocycles. The van der Waals surface area contributed by atoms with Gasteiger partial charge < -0.3 is 4.74 Å². The summed E-state index contributed by atoms with van der Waals surface area (Å²) in [4.78, 5) is 4.16. The zero-order chi connectivity index (χ0) is 15.3. The number of sulfonamides is 1. The highest BCUT2D eigenvalue weighted by Crippen LogP contribution is 2.17. The predicted molar refractivity (Wildman–Crippen MR) is 80.1 cm³/mol. The second-order valence-corrected chi connectivity index (χ2v) is 6.42. The van der Waals surface area contributed by atoms with Gasteiger partial charge in [0.25, 0.3) is 0 Å². The molecule has 0 aliphatic rings. The smallest absolute Gasteiger partial charge is 0.241 e. The first-order valence-electron chi connectivity index (χ1n) is 6.53. The summed E-state index contributed by atoms with van der Waals surface area (Å²) in [5, 5.41) is 0. The summed E-state index contributed by atoms with van der Waals surface area (Å²) in [6.07, 6.45) is 3.28. The molecule has 0 aliphatic carbocycles. The van der Waals surface area contributed by atoms with E-state index in [0.717, 1.165) is 11.1 Å². The van der Waals surface area contributed by atoms with Crippen LogP contribution < -0.4 is 4.72 Å². The van der Waals surface area contributed by atoms with Gasteiger partial charge in [-0.2, -0.15) is 0 Å². The van der Waals surface area contributed by atoms with Crippen LogP contribution in [-0.2, 0) is 21.4 Å². The molecule has 0 radical (unpaired) electrons. The van der Waals surface area contributed by atoms with E-state index < -0.39 is 10.0 Å². The van der Waals surface area contributed by atoms with Crippen molar-refractivity contribution in [2.24, 2.45) is 0 Å². The Hall–Kier alpha value is -1.76. The van der Waals surface area contributed by atoms with Crippen LogP contribution >= 0.6 is 0 Å². The molecule has 2 aromatic rings. The Morgan fingerprint density at radius 1 is 1.24 bits per heavy atom. The molecule has 112 valence electrons. The normalized spacial score (nSPS) is 13.0. The van der Waals surface area contributed by atoms with Gasteiger partial charge in [0.15, 0.2) is 0 Å². The first kappa shape index (κ1) is 15.6. The van der Waals surface area contributed by atoms with Gasteiger partial charge >= 0.3 is 0 Å². The standard InChI is InChI=1S/C15H18N2O3S/c1-12(14-6-8-16-9-7-14)17-21(18,19)15-5-3-4-13(10-15)11-20-2/h3-10,12,17H,11H2,1-2H3/t12-/m0/s1. The number of aromatic nitrogens is 1. The van der Waals surface area contributed by atoms with Crippen molar-refractivity contribution in [3.05, 3.63) is 59.9 Å². The van der Waals surface area contributed by atoms with Crippen LogP contribution in [0.25, 0.3) is 0 Å². The first-order chi connectivity index (χ1) is 10.0. The van der Waals surface area contributed by atoms with E-state index in [1.165, 1.54) is 0 Å². The Morgan fingerprint density at radius 2 is 1.95 bits per heavy atom. The summed E-state index contributed by atoms with van der Waals surface area (Å²) in [5.74, 6) is 0. The van der Waals surface area contributed by atoms with Crippen LogP contribution in [0.4, 0.5) is 0 Å². The maximum absolute atomic E-state index is 12.4. The predicted octanol–water partition coefficient (Wildman–Crippen LogP) is 2.27. The third-order valence-corrected chi connectivity index (χ3v) is 4.60. The lowest BCUT2D eigenvalue weighted by Crippen LogP contribution is -2.27. The van der Waals surface area contributed by atoms with E-state index in [1.807, 2.05) is 6.07 Å². The van der Waals surface area contributed by atoms with Gasteiger partial charge in [0, 0.05) is 25.5 Å². The highest BCUT2D eigenvalue weighted by Gasteiger charge is 2.18. The van der Waals surface area contributed by atoms with Crippen LogP contribution in [0, 0.1) is 0 Å². The lowest BCUT2D eigenvalue weighted by Gasteiger charge is -2.15. The van der Waals surface area contributed by atoms with Crippen molar-refractivity contribution in [1.29, 1.82) is 0 Å². The topological polar surface area (TPSA) is 68.3 Å². The molecule has 0 fully saturated rings. The van der Waals surface area contributed by atoms with Gasteiger partial charge in [-0.05, 0) is 42.3 Å². The number of benzene rings is 1. The molecule has 0 bridgehead atoms. The van der Waals surface area contributed by atoms with Crippen LogP contribution in [0.1, 0.15) is 24.1 Å². The van der Waals surface area contributed by atoms with E-state index >= 15 is 0 Å². The largest absolute Gasteiger partial charge is 0.380 e. The Kier molecular flexibility index (Phi) is 5.06. The summed E-state index contributed by atoms with van der Waals surface area (Å²) >= 11 is 0. The number of hydrogen-bond donors (Lipinski definition) is 1. The van der Waals surface area contributed by atoms with E-state index in [1.54, 1.807) is 56.8 Å². The Morgan fingerprint density at radius 3 is 2.62 bits per heavy atom. The van der Waals surface area contributed by atoms with E-state index in [2.05, 4.69) is 9.71 Å². The third kappa shape index (κ3) is 4.10. The monoisotopic (exact) mass is 306 g/mol. The Balaban J connectivity index is 2.20. The lowest BCUT2D eigenvalue weighted by atomic mass is 10.1. The molecule has 1 N–H and O–H groups in total. The summed E-state index contributed by atoms with van der Waals surface area (Å²) in [5.41, 5.74) is 1.68. The number of nitrogens with zero attached hydrogens (tertiary/aromatic N) is 1. The molecule has 2 rings (SSSR count). The molecular weight excluding hydrogens is 288 g/mol. The lowest BCUT2D eigenvalue weighted by molar-refractivity contribution is 0.184. The molecule has 5 nitrogen and oxygen atoms in total. The molecule has 1 aromatic heterocycles. The quantitative estimate of drug-likeness (QED) is 0.889. The van der Waals surface area contributed by atoms with Gasteiger partial charge in [-0.15, -0.1) is 0 Å². The number of rotatable bonds is 6. The summed E-state index contributed by atoms with van der Waals surface area (Å²) in [7, 11) is -2.00. The molecule has 6 heteroatoms. The SMILES string of the molecule is COCc1cccc(S(=O)(=O)N[C@@H](C)c2ccncc2)c1. The second-order valence-electron chi connectivity index (χ2n) is 4.70. The molecule has 0 amide bonds. The van der Waals surface area contributed by atoms with E-state index in [9.17, 15) is 8.42 Å². The van der Waals surface area contributed by atoms with Gasteiger partial charge in [0.05, 0.1) is 11.5 Å². The van der Waals surface area contributed by atoms with Gasteiger partial charge in [-0.25, -0.2) is 13.1 Å². The summed E-state index contributed by atoms with van der Waals surface area (Å²) in [6, 6.07) is 9.97. The molecule has 1 atom stereocenters. The van der Waals surface area contributed by atoms with Gasteiger partial charge in [-0.3, -0.25) is 4.98 Å². The molecule has 0 saturated heterocycles. The van der Waals surface area contributed by atoms with Crippen molar-refractivity contribution in [3.63, 3.8) is 0 Å². The van der Waals surface area contributed by atoms with Crippen molar-refractivity contribution in [2.75, 3.05) is 7.11 Å². The van der Waals surface area contributed by atoms with Crippen LogP contribution in [-0.4, -0.2) is 20.5 Å². The van der Waals surface area contributed by atoms with Gasteiger partial charge in [0.1, 0.15) is 0 Å². The zero-order valence-corrected chi connectivity index (χ0v) is 12.8. The van der Waals surface area contributed by atoms with E-state index in [4.69, 9.17) is 4.74 Å². The molecule has 1 heterocycles. The summed E-state index contributed by atoms with van der Waals surface area (Å²) in [6.45, 7) is 2.18. The first-order valence-corrected chi connectivity index (χ1v) is 8.01. The van der Waals surface area contributed by atoms with Crippen molar-refractivity contribution in [2.45, 2.75) is 24.5 Å². The number of hydrogen-bond acceptors (Lipinski definition) is 4. The number of nitrogens with one attached hydrogen (secondary N) is 1. The average Bonchev–Trinajstić information content (AvgIpc) is 2.48.